The average Bonchev–Trinajstić information content (AvgIpc) is 2.62. The van der Waals surface area contributed by atoms with Crippen LogP contribution < -0.4 is 10.1 Å². The quantitative estimate of drug-likeness (QED) is 0.484. The van der Waals surface area contributed by atoms with Crippen molar-refractivity contribution in [1.82, 2.24) is 4.98 Å². The molecule has 1 amide bonds. The van der Waals surface area contributed by atoms with Crippen LogP contribution in [0.15, 0.2) is 12.1 Å². The Morgan fingerprint density at radius 3 is 2.42 bits per heavy atom. The Morgan fingerprint density at radius 2 is 1.81 bits per heavy atom. The average molecular weight is 365 g/mol. The number of anilines is 1. The molecule has 0 saturated carbocycles. The van der Waals surface area contributed by atoms with Crippen molar-refractivity contribution >= 4 is 11.6 Å². The third kappa shape index (κ3) is 7.32. The van der Waals surface area contributed by atoms with Crippen LogP contribution in [0.2, 0.25) is 0 Å². The minimum absolute atomic E-state index is 0.105. The van der Waals surface area contributed by atoms with Crippen molar-refractivity contribution in [1.29, 1.82) is 0 Å². The van der Waals surface area contributed by atoms with Gasteiger partial charge in [-0.3, -0.25) is 4.79 Å². The minimum atomic E-state index is -0.812. The molecule has 5 heteroatoms. The second kappa shape index (κ2) is 11.9. The molecule has 0 fully saturated rings. The molecule has 148 valence electrons. The maximum absolute atomic E-state index is 12.9. The highest BCUT2D eigenvalue weighted by molar-refractivity contribution is 5.97. The van der Waals surface area contributed by atoms with Crippen LogP contribution in [0.3, 0.4) is 0 Å². The van der Waals surface area contributed by atoms with Crippen LogP contribution in [0.1, 0.15) is 78.3 Å². The molecule has 0 unspecified atom stereocenters. The molecule has 0 aromatic carbocycles. The van der Waals surface area contributed by atoms with Crippen molar-refractivity contribution in [3.8, 4) is 5.88 Å². The SMILES string of the molecule is CCCCC[C@](C)(OCCC)C(=O)Nc1ccc(OCCCC)nc1C. The Labute approximate surface area is 158 Å². The lowest BCUT2D eigenvalue weighted by Gasteiger charge is -2.29. The maximum Gasteiger partial charge on any atom is 0.256 e. The zero-order valence-corrected chi connectivity index (χ0v) is 17.2. The number of carbonyl (C=O) groups excluding carboxylic acids is 1. The summed E-state index contributed by atoms with van der Waals surface area (Å²) in [5, 5.41) is 3.00. The molecule has 1 rings (SSSR count). The van der Waals surface area contributed by atoms with Gasteiger partial charge in [-0.05, 0) is 39.2 Å². The van der Waals surface area contributed by atoms with Gasteiger partial charge in [0.1, 0.15) is 5.60 Å². The largest absolute Gasteiger partial charge is 0.478 e. The Morgan fingerprint density at radius 1 is 1.08 bits per heavy atom. The normalized spacial score (nSPS) is 13.3. The van der Waals surface area contributed by atoms with Crippen molar-refractivity contribution in [2.75, 3.05) is 18.5 Å². The summed E-state index contributed by atoms with van der Waals surface area (Å²) in [7, 11) is 0. The number of rotatable bonds is 13. The van der Waals surface area contributed by atoms with Crippen LogP contribution in [-0.2, 0) is 9.53 Å². The fourth-order valence-corrected chi connectivity index (χ4v) is 2.62. The van der Waals surface area contributed by atoms with E-state index in [-0.39, 0.29) is 5.91 Å². The first-order chi connectivity index (χ1) is 12.5. The summed E-state index contributed by atoms with van der Waals surface area (Å²) < 4.78 is 11.6. The molecular weight excluding hydrogens is 328 g/mol. The molecular formula is C21H36N2O3. The van der Waals surface area contributed by atoms with Gasteiger partial charge in [0.2, 0.25) is 5.88 Å². The number of ether oxygens (including phenoxy) is 2. The number of nitrogens with one attached hydrogen (secondary N) is 1. The van der Waals surface area contributed by atoms with Crippen LogP contribution in [-0.4, -0.2) is 29.7 Å². The Bertz CT molecular complexity index is 548. The number of amides is 1. The van der Waals surface area contributed by atoms with E-state index in [1.54, 1.807) is 6.07 Å². The summed E-state index contributed by atoms with van der Waals surface area (Å²) in [5.74, 6) is 0.494. The highest BCUT2D eigenvalue weighted by Crippen LogP contribution is 2.24. The van der Waals surface area contributed by atoms with Crippen LogP contribution in [0.5, 0.6) is 5.88 Å². The van der Waals surface area contributed by atoms with Gasteiger partial charge in [-0.2, -0.15) is 0 Å². The number of aryl methyl sites for hydroxylation is 1. The van der Waals surface area contributed by atoms with E-state index >= 15 is 0 Å². The zero-order valence-electron chi connectivity index (χ0n) is 17.2. The van der Waals surface area contributed by atoms with Gasteiger partial charge in [0.25, 0.3) is 5.91 Å². The van der Waals surface area contributed by atoms with Crippen molar-refractivity contribution in [2.24, 2.45) is 0 Å². The number of nitrogens with zero attached hydrogens (tertiary/aromatic N) is 1. The van der Waals surface area contributed by atoms with Gasteiger partial charge in [-0.15, -0.1) is 0 Å². The number of hydrogen-bond donors (Lipinski definition) is 1. The standard InChI is InChI=1S/C21H36N2O3/c1-6-9-11-14-21(5,26-15-8-3)20(24)23-18-12-13-19(22-17(18)4)25-16-10-7-2/h12-13H,6-11,14-16H2,1-5H3,(H,23,24)/t21-/m0/s1. The third-order valence-corrected chi connectivity index (χ3v) is 4.42. The molecule has 1 heterocycles. The van der Waals surface area contributed by atoms with E-state index in [1.807, 2.05) is 19.9 Å². The molecule has 1 aromatic rings. The molecule has 5 nitrogen and oxygen atoms in total. The number of aromatic nitrogens is 1. The number of unbranched alkanes of at least 4 members (excludes halogenated alkanes) is 3. The maximum atomic E-state index is 12.9. The van der Waals surface area contributed by atoms with Gasteiger partial charge in [0, 0.05) is 12.7 Å². The summed E-state index contributed by atoms with van der Waals surface area (Å²) in [6, 6.07) is 3.66. The summed E-state index contributed by atoms with van der Waals surface area (Å²) >= 11 is 0. The zero-order chi connectivity index (χ0) is 19.4. The van der Waals surface area contributed by atoms with Crippen molar-refractivity contribution < 1.29 is 14.3 Å². The molecule has 0 aliphatic heterocycles. The lowest BCUT2D eigenvalue weighted by Crippen LogP contribution is -2.43. The monoisotopic (exact) mass is 364 g/mol. The fourth-order valence-electron chi connectivity index (χ4n) is 2.62. The van der Waals surface area contributed by atoms with Crippen LogP contribution in [0.4, 0.5) is 5.69 Å². The summed E-state index contributed by atoms with van der Waals surface area (Å²) in [6.45, 7) is 11.3. The molecule has 1 N–H and O–H groups in total. The third-order valence-electron chi connectivity index (χ3n) is 4.42. The Kier molecular flexibility index (Phi) is 10.3. The predicted molar refractivity (Wildman–Crippen MR) is 107 cm³/mol. The lowest BCUT2D eigenvalue weighted by atomic mass is 9.96. The molecule has 1 aromatic heterocycles. The molecule has 0 radical (unpaired) electrons. The van der Waals surface area contributed by atoms with Crippen molar-refractivity contribution in [3.63, 3.8) is 0 Å². The summed E-state index contributed by atoms with van der Waals surface area (Å²) in [5.41, 5.74) is 0.645. The van der Waals surface area contributed by atoms with Crippen molar-refractivity contribution in [3.05, 3.63) is 17.8 Å². The topological polar surface area (TPSA) is 60.5 Å². The van der Waals surface area contributed by atoms with E-state index < -0.39 is 5.60 Å². The van der Waals surface area contributed by atoms with E-state index in [9.17, 15) is 4.79 Å². The molecule has 1 atom stereocenters. The van der Waals surface area contributed by atoms with Crippen LogP contribution in [0, 0.1) is 6.92 Å². The first-order valence-corrected chi connectivity index (χ1v) is 10.0. The van der Waals surface area contributed by atoms with Crippen LogP contribution in [0.25, 0.3) is 0 Å². The van der Waals surface area contributed by atoms with Gasteiger partial charge in [-0.25, -0.2) is 4.98 Å². The van der Waals surface area contributed by atoms with E-state index in [0.717, 1.165) is 50.6 Å². The fraction of sp³-hybridized carbons (Fsp3) is 0.714. The molecule has 0 bridgehead atoms. The van der Waals surface area contributed by atoms with E-state index in [4.69, 9.17) is 9.47 Å². The molecule has 0 aliphatic carbocycles. The first kappa shape index (κ1) is 22.4. The van der Waals surface area contributed by atoms with E-state index in [2.05, 4.69) is 31.1 Å². The summed E-state index contributed by atoms with van der Waals surface area (Å²) in [4.78, 5) is 17.3. The molecule has 0 spiro atoms. The molecule has 0 saturated heterocycles. The van der Waals surface area contributed by atoms with Gasteiger partial charge in [-0.1, -0.05) is 46.5 Å². The highest BCUT2D eigenvalue weighted by atomic mass is 16.5. The van der Waals surface area contributed by atoms with Crippen molar-refractivity contribution in [2.45, 2.75) is 85.2 Å². The van der Waals surface area contributed by atoms with E-state index in [1.165, 1.54) is 0 Å². The first-order valence-electron chi connectivity index (χ1n) is 10.0. The highest BCUT2D eigenvalue weighted by Gasteiger charge is 2.33. The van der Waals surface area contributed by atoms with Gasteiger partial charge in [0.15, 0.2) is 0 Å². The molecule has 0 aliphatic rings. The number of pyridine rings is 1. The smallest absolute Gasteiger partial charge is 0.256 e. The predicted octanol–water partition coefficient (Wildman–Crippen LogP) is 5.27. The van der Waals surface area contributed by atoms with Gasteiger partial charge < -0.3 is 14.8 Å². The lowest BCUT2D eigenvalue weighted by molar-refractivity contribution is -0.140. The number of hydrogen-bond acceptors (Lipinski definition) is 4. The summed E-state index contributed by atoms with van der Waals surface area (Å²) in [6.07, 6.45) is 6.90. The second-order valence-corrected chi connectivity index (χ2v) is 6.98. The van der Waals surface area contributed by atoms with Gasteiger partial charge in [0.05, 0.1) is 18.0 Å². The van der Waals surface area contributed by atoms with Crippen LogP contribution >= 0.6 is 0 Å². The van der Waals surface area contributed by atoms with Gasteiger partial charge >= 0.3 is 0 Å². The second-order valence-electron chi connectivity index (χ2n) is 6.98. The Hall–Kier alpha value is -1.62. The Balaban J connectivity index is 2.77. The number of carbonyl (C=O) groups is 1. The molecule has 26 heavy (non-hydrogen) atoms. The van der Waals surface area contributed by atoms with E-state index in [0.29, 0.717) is 24.8 Å². The minimum Gasteiger partial charge on any atom is -0.478 e.